The van der Waals surface area contributed by atoms with Gasteiger partial charge in [-0.05, 0) is 12.1 Å². The lowest BCUT2D eigenvalue weighted by atomic mass is 10.1. The van der Waals surface area contributed by atoms with Gasteiger partial charge in [0.15, 0.2) is 0 Å². The van der Waals surface area contributed by atoms with Crippen LogP contribution in [0.15, 0.2) is 12.1 Å². The predicted molar refractivity (Wildman–Crippen MR) is 55.7 cm³/mol. The van der Waals surface area contributed by atoms with Gasteiger partial charge in [-0.2, -0.15) is 0 Å². The molecule has 2 amide bonds. The Hall–Kier alpha value is -1.000. The zero-order chi connectivity index (χ0) is 11.0. The number of hydrogen-bond donors (Lipinski definition) is 2. The molecule has 1 heterocycles. The van der Waals surface area contributed by atoms with Gasteiger partial charge < -0.3 is 10.6 Å². The number of amides is 2. The molecule has 1 atom stereocenters. The highest BCUT2D eigenvalue weighted by Crippen LogP contribution is 2.32. The molecule has 0 saturated carbocycles. The number of carbonyl (C=O) groups excluding carboxylic acids is 1. The smallest absolute Gasteiger partial charge is 0.315 e. The molecule has 1 saturated heterocycles. The Morgan fingerprint density at radius 1 is 1.40 bits per heavy atom. The summed E-state index contributed by atoms with van der Waals surface area (Å²) >= 11 is 11.6. The van der Waals surface area contributed by atoms with Crippen LogP contribution in [0, 0.1) is 5.82 Å². The van der Waals surface area contributed by atoms with Crippen molar-refractivity contribution in [2.75, 3.05) is 6.54 Å². The van der Waals surface area contributed by atoms with Crippen molar-refractivity contribution in [2.45, 2.75) is 6.04 Å². The van der Waals surface area contributed by atoms with Crippen molar-refractivity contribution in [1.29, 1.82) is 0 Å². The second kappa shape index (κ2) is 3.87. The Morgan fingerprint density at radius 2 is 2.13 bits per heavy atom. The maximum absolute atomic E-state index is 13.5. The normalized spacial score (nSPS) is 19.9. The van der Waals surface area contributed by atoms with E-state index >= 15 is 0 Å². The summed E-state index contributed by atoms with van der Waals surface area (Å²) in [4.78, 5) is 10.9. The van der Waals surface area contributed by atoms with Gasteiger partial charge in [-0.25, -0.2) is 9.18 Å². The minimum Gasteiger partial charge on any atom is -0.336 e. The van der Waals surface area contributed by atoms with Crippen molar-refractivity contribution >= 4 is 29.2 Å². The number of carbonyl (C=O) groups is 1. The van der Waals surface area contributed by atoms with Crippen molar-refractivity contribution in [3.8, 4) is 0 Å². The van der Waals surface area contributed by atoms with Crippen LogP contribution in [0.4, 0.5) is 9.18 Å². The van der Waals surface area contributed by atoms with Gasteiger partial charge >= 0.3 is 6.03 Å². The lowest BCUT2D eigenvalue weighted by Gasteiger charge is -2.12. The van der Waals surface area contributed by atoms with E-state index in [-0.39, 0.29) is 21.6 Å². The van der Waals surface area contributed by atoms with Crippen molar-refractivity contribution in [2.24, 2.45) is 0 Å². The molecule has 1 aromatic carbocycles. The van der Waals surface area contributed by atoms with E-state index in [9.17, 15) is 9.18 Å². The standard InChI is InChI=1S/C9H7Cl2FN2O/c10-4-1-2-5(12)7(8(4)11)6-3-13-9(15)14-6/h1-2,6H,3H2,(H2,13,14,15)/t6-/m0/s1. The molecule has 2 rings (SSSR count). The lowest BCUT2D eigenvalue weighted by molar-refractivity contribution is 0.247. The molecule has 0 unspecified atom stereocenters. The fourth-order valence-electron chi connectivity index (χ4n) is 1.49. The third-order valence-corrected chi connectivity index (χ3v) is 3.02. The average molecular weight is 249 g/mol. The first-order valence-corrected chi connectivity index (χ1v) is 5.03. The van der Waals surface area contributed by atoms with Crippen LogP contribution >= 0.6 is 23.2 Å². The Labute approximate surface area is 95.6 Å². The van der Waals surface area contributed by atoms with Gasteiger partial charge in [0.2, 0.25) is 0 Å². The number of urea groups is 1. The van der Waals surface area contributed by atoms with Crippen LogP contribution in [-0.2, 0) is 0 Å². The van der Waals surface area contributed by atoms with E-state index in [2.05, 4.69) is 10.6 Å². The Bertz CT molecular complexity index is 425. The number of hydrogen-bond acceptors (Lipinski definition) is 1. The zero-order valence-corrected chi connectivity index (χ0v) is 8.99. The van der Waals surface area contributed by atoms with E-state index in [0.29, 0.717) is 6.54 Å². The van der Waals surface area contributed by atoms with Gasteiger partial charge in [0, 0.05) is 12.1 Å². The van der Waals surface area contributed by atoms with Gasteiger partial charge in [-0.3, -0.25) is 0 Å². The molecule has 1 aliphatic heterocycles. The Balaban J connectivity index is 2.43. The van der Waals surface area contributed by atoms with Crippen LogP contribution in [-0.4, -0.2) is 12.6 Å². The van der Waals surface area contributed by atoms with Crippen molar-refractivity contribution in [3.63, 3.8) is 0 Å². The molecule has 1 aromatic rings. The van der Waals surface area contributed by atoms with Gasteiger partial charge in [-0.1, -0.05) is 23.2 Å². The molecule has 6 heteroatoms. The fourth-order valence-corrected chi connectivity index (χ4v) is 1.94. The Kier molecular flexibility index (Phi) is 2.71. The maximum atomic E-state index is 13.5. The monoisotopic (exact) mass is 248 g/mol. The number of benzene rings is 1. The van der Waals surface area contributed by atoms with Crippen LogP contribution in [0.1, 0.15) is 11.6 Å². The highest BCUT2D eigenvalue weighted by Gasteiger charge is 2.27. The third-order valence-electron chi connectivity index (χ3n) is 2.20. The summed E-state index contributed by atoms with van der Waals surface area (Å²) in [7, 11) is 0. The van der Waals surface area contributed by atoms with Crippen molar-refractivity contribution in [3.05, 3.63) is 33.6 Å². The van der Waals surface area contributed by atoms with E-state index in [0.717, 1.165) is 0 Å². The highest BCUT2D eigenvalue weighted by molar-refractivity contribution is 6.42. The predicted octanol–water partition coefficient (Wildman–Crippen LogP) is 2.49. The minimum atomic E-state index is -0.474. The molecule has 3 nitrogen and oxygen atoms in total. The summed E-state index contributed by atoms with van der Waals surface area (Å²) in [6, 6.07) is 1.81. The number of nitrogens with one attached hydrogen (secondary N) is 2. The average Bonchev–Trinajstić information content (AvgIpc) is 2.59. The molecule has 15 heavy (non-hydrogen) atoms. The number of rotatable bonds is 1. The lowest BCUT2D eigenvalue weighted by Crippen LogP contribution is -2.22. The first-order valence-electron chi connectivity index (χ1n) is 4.27. The van der Waals surface area contributed by atoms with Crippen LogP contribution in [0.5, 0.6) is 0 Å². The molecule has 0 radical (unpaired) electrons. The molecule has 0 aliphatic carbocycles. The molecular weight excluding hydrogens is 242 g/mol. The van der Waals surface area contributed by atoms with E-state index in [1.165, 1.54) is 12.1 Å². The summed E-state index contributed by atoms with van der Waals surface area (Å²) in [6.45, 7) is 0.301. The van der Waals surface area contributed by atoms with Crippen molar-refractivity contribution < 1.29 is 9.18 Å². The third kappa shape index (κ3) is 1.87. The molecule has 1 aliphatic rings. The van der Waals surface area contributed by atoms with Gasteiger partial charge in [0.1, 0.15) is 5.82 Å². The van der Waals surface area contributed by atoms with E-state index in [1.807, 2.05) is 0 Å². The first kappa shape index (κ1) is 10.5. The van der Waals surface area contributed by atoms with E-state index in [1.54, 1.807) is 0 Å². The first-order chi connectivity index (χ1) is 7.09. The number of halogens is 3. The van der Waals surface area contributed by atoms with Crippen LogP contribution in [0.25, 0.3) is 0 Å². The Morgan fingerprint density at radius 3 is 2.73 bits per heavy atom. The topological polar surface area (TPSA) is 41.1 Å². The summed E-state index contributed by atoms with van der Waals surface area (Å²) in [5.74, 6) is -0.474. The van der Waals surface area contributed by atoms with E-state index in [4.69, 9.17) is 23.2 Å². The molecule has 1 fully saturated rings. The molecule has 0 aromatic heterocycles. The fraction of sp³-hybridized carbons (Fsp3) is 0.222. The minimum absolute atomic E-state index is 0.144. The van der Waals surface area contributed by atoms with Crippen LogP contribution in [0.2, 0.25) is 10.0 Å². The zero-order valence-electron chi connectivity index (χ0n) is 7.48. The molecular formula is C9H7Cl2FN2O. The SMILES string of the molecule is O=C1NC[C@@H](c2c(F)ccc(Cl)c2Cl)N1. The highest BCUT2D eigenvalue weighted by atomic mass is 35.5. The summed E-state index contributed by atoms with van der Waals surface area (Å²) in [5.41, 5.74) is 0.225. The van der Waals surface area contributed by atoms with Gasteiger partial charge in [0.05, 0.1) is 16.1 Å². The summed E-state index contributed by atoms with van der Waals surface area (Å²) in [6.07, 6.45) is 0. The molecule has 0 bridgehead atoms. The molecule has 2 N–H and O–H groups in total. The van der Waals surface area contributed by atoms with Gasteiger partial charge in [-0.15, -0.1) is 0 Å². The second-order valence-corrected chi connectivity index (χ2v) is 3.95. The second-order valence-electron chi connectivity index (χ2n) is 3.16. The van der Waals surface area contributed by atoms with Crippen molar-refractivity contribution in [1.82, 2.24) is 10.6 Å². The quantitative estimate of drug-likeness (QED) is 0.737. The maximum Gasteiger partial charge on any atom is 0.315 e. The van der Waals surface area contributed by atoms with Crippen LogP contribution in [0.3, 0.4) is 0 Å². The van der Waals surface area contributed by atoms with Crippen LogP contribution < -0.4 is 10.6 Å². The molecule has 0 spiro atoms. The van der Waals surface area contributed by atoms with Gasteiger partial charge in [0.25, 0.3) is 0 Å². The molecule has 80 valence electrons. The largest absolute Gasteiger partial charge is 0.336 e. The summed E-state index contributed by atoms with van der Waals surface area (Å²) < 4.78 is 13.5. The van der Waals surface area contributed by atoms with E-state index < -0.39 is 11.9 Å². The summed E-state index contributed by atoms with van der Waals surface area (Å²) in [5, 5.41) is 5.49.